The Bertz CT molecular complexity index is 1140. The van der Waals surface area contributed by atoms with Crippen LogP contribution < -0.4 is 15.8 Å². The molecule has 5 nitrogen and oxygen atoms in total. The second kappa shape index (κ2) is 7.95. The van der Waals surface area contributed by atoms with Crippen LogP contribution in [0.15, 0.2) is 84.9 Å². The maximum absolute atomic E-state index is 6.24. The average Bonchev–Trinajstić information content (AvgIpc) is 3.24. The van der Waals surface area contributed by atoms with Crippen LogP contribution in [0.4, 0.5) is 11.5 Å². The zero-order valence-corrected chi connectivity index (χ0v) is 16.7. The fourth-order valence-corrected chi connectivity index (χ4v) is 3.93. The summed E-state index contributed by atoms with van der Waals surface area (Å²) in [6.45, 7) is 1.46. The Kier molecular flexibility index (Phi) is 4.85. The van der Waals surface area contributed by atoms with E-state index >= 15 is 0 Å². The van der Waals surface area contributed by atoms with Crippen LogP contribution in [-0.2, 0) is 6.61 Å². The van der Waals surface area contributed by atoms with Gasteiger partial charge in [0, 0.05) is 23.9 Å². The molecule has 0 radical (unpaired) electrons. The molecule has 1 aliphatic heterocycles. The second-order valence-electron chi connectivity index (χ2n) is 7.52. The summed E-state index contributed by atoms with van der Waals surface area (Å²) in [7, 11) is 0. The normalized spacial score (nSPS) is 15.3. The smallest absolute Gasteiger partial charge is 0.125 e. The fourth-order valence-electron chi connectivity index (χ4n) is 3.93. The van der Waals surface area contributed by atoms with Crippen LogP contribution in [0.25, 0.3) is 11.3 Å². The van der Waals surface area contributed by atoms with Crippen molar-refractivity contribution in [2.75, 3.05) is 17.6 Å². The van der Waals surface area contributed by atoms with Crippen LogP contribution in [0.5, 0.6) is 5.75 Å². The van der Waals surface area contributed by atoms with Gasteiger partial charge in [-0.25, -0.2) is 4.68 Å². The summed E-state index contributed by atoms with van der Waals surface area (Å²) in [6.07, 6.45) is 0.953. The lowest BCUT2D eigenvalue weighted by molar-refractivity contribution is 0.306. The third-order valence-electron chi connectivity index (χ3n) is 5.51. The molecule has 0 saturated carbocycles. The first-order valence-electron chi connectivity index (χ1n) is 10.2. The maximum Gasteiger partial charge on any atom is 0.125 e. The van der Waals surface area contributed by atoms with Crippen LogP contribution in [-0.4, -0.2) is 16.3 Å². The molecule has 1 aliphatic rings. The first kappa shape index (κ1) is 18.3. The van der Waals surface area contributed by atoms with Gasteiger partial charge in [-0.2, -0.15) is 5.10 Å². The number of aromatic nitrogens is 2. The van der Waals surface area contributed by atoms with E-state index in [0.29, 0.717) is 6.61 Å². The summed E-state index contributed by atoms with van der Waals surface area (Å²) in [4.78, 5) is 0. The Hall–Kier alpha value is -3.73. The lowest BCUT2D eigenvalue weighted by Crippen LogP contribution is -2.24. The Morgan fingerprint density at radius 2 is 1.73 bits per heavy atom. The first-order chi connectivity index (χ1) is 14.8. The molecule has 5 rings (SSSR count). The molecule has 1 unspecified atom stereocenters. The number of hydrogen-bond acceptors (Lipinski definition) is 4. The molecular formula is C25H24N4O. The van der Waals surface area contributed by atoms with Crippen LogP contribution in [0.3, 0.4) is 0 Å². The van der Waals surface area contributed by atoms with Gasteiger partial charge in [0.25, 0.3) is 0 Å². The predicted molar refractivity (Wildman–Crippen MR) is 121 cm³/mol. The van der Waals surface area contributed by atoms with Gasteiger partial charge in [0.2, 0.25) is 0 Å². The Balaban J connectivity index is 1.36. The number of fused-ring (bicyclic) bond motifs is 1. The van der Waals surface area contributed by atoms with Gasteiger partial charge in [0.05, 0.1) is 11.7 Å². The Morgan fingerprint density at radius 1 is 0.967 bits per heavy atom. The van der Waals surface area contributed by atoms with E-state index < -0.39 is 0 Å². The molecule has 4 aromatic rings. The highest BCUT2D eigenvalue weighted by molar-refractivity contribution is 5.65. The number of para-hydroxylation sites is 1. The summed E-state index contributed by atoms with van der Waals surface area (Å²) in [5.74, 6) is 1.87. The molecule has 0 fully saturated rings. The van der Waals surface area contributed by atoms with Crippen molar-refractivity contribution in [3.05, 3.63) is 96.1 Å². The zero-order chi connectivity index (χ0) is 20.3. The monoisotopic (exact) mass is 396 g/mol. The van der Waals surface area contributed by atoms with Gasteiger partial charge in [-0.3, -0.25) is 0 Å². The molecule has 0 aliphatic carbocycles. The molecular weight excluding hydrogens is 372 g/mol. The van der Waals surface area contributed by atoms with Crippen molar-refractivity contribution >= 4 is 11.5 Å². The van der Waals surface area contributed by atoms with Crippen molar-refractivity contribution in [3.63, 3.8) is 0 Å². The minimum atomic E-state index is 0.143. The molecule has 0 spiro atoms. The van der Waals surface area contributed by atoms with Gasteiger partial charge >= 0.3 is 0 Å². The SMILES string of the molecule is Nc1ccccc1C1CCNc2cc(-c3ccc(OCc4ccccc4)cc3)nn21. The molecule has 0 bridgehead atoms. The molecule has 5 heteroatoms. The lowest BCUT2D eigenvalue weighted by Gasteiger charge is -2.26. The highest BCUT2D eigenvalue weighted by atomic mass is 16.5. The van der Waals surface area contributed by atoms with E-state index in [1.165, 1.54) is 0 Å². The summed E-state index contributed by atoms with van der Waals surface area (Å²) in [5.41, 5.74) is 11.3. The van der Waals surface area contributed by atoms with Gasteiger partial charge in [-0.05, 0) is 47.9 Å². The van der Waals surface area contributed by atoms with Gasteiger partial charge in [-0.1, -0.05) is 48.5 Å². The molecule has 150 valence electrons. The fraction of sp³-hybridized carbons (Fsp3) is 0.160. The van der Waals surface area contributed by atoms with Gasteiger partial charge in [0.15, 0.2) is 0 Å². The second-order valence-corrected chi connectivity index (χ2v) is 7.52. The number of benzene rings is 3. The number of nitrogens with one attached hydrogen (secondary N) is 1. The highest BCUT2D eigenvalue weighted by Gasteiger charge is 2.24. The van der Waals surface area contributed by atoms with Crippen molar-refractivity contribution < 1.29 is 4.74 Å². The van der Waals surface area contributed by atoms with Crippen LogP contribution in [0.1, 0.15) is 23.6 Å². The number of nitrogens with zero attached hydrogens (tertiary/aromatic N) is 2. The topological polar surface area (TPSA) is 65.1 Å². The van der Waals surface area contributed by atoms with Crippen LogP contribution in [0, 0.1) is 0 Å². The minimum absolute atomic E-state index is 0.143. The maximum atomic E-state index is 6.24. The minimum Gasteiger partial charge on any atom is -0.489 e. The number of nitrogen functional groups attached to an aromatic ring is 1. The summed E-state index contributed by atoms with van der Waals surface area (Å²) in [5, 5.41) is 8.36. The standard InChI is InChI=1S/C25H24N4O/c26-22-9-5-4-8-21(22)24-14-15-27-25-16-23(28-29(24)25)19-10-12-20(13-11-19)30-17-18-6-2-1-3-7-18/h1-13,16,24,27H,14-15,17,26H2. The van der Waals surface area contributed by atoms with Crippen LogP contribution in [0.2, 0.25) is 0 Å². The predicted octanol–water partition coefficient (Wildman–Crippen LogP) is 5.12. The summed E-state index contributed by atoms with van der Waals surface area (Å²) >= 11 is 0. The average molecular weight is 396 g/mol. The van der Waals surface area contributed by atoms with E-state index in [1.54, 1.807) is 0 Å². The molecule has 30 heavy (non-hydrogen) atoms. The number of hydrogen-bond donors (Lipinski definition) is 2. The molecule has 0 saturated heterocycles. The first-order valence-corrected chi connectivity index (χ1v) is 10.2. The Morgan fingerprint density at radius 3 is 2.53 bits per heavy atom. The molecule has 3 aromatic carbocycles. The number of nitrogens with two attached hydrogens (primary N) is 1. The number of ether oxygens (including phenoxy) is 1. The van der Waals surface area contributed by atoms with E-state index in [2.05, 4.69) is 46.4 Å². The Labute approximate surface area is 176 Å². The van der Waals surface area contributed by atoms with Crippen molar-refractivity contribution in [1.82, 2.24) is 9.78 Å². The van der Waals surface area contributed by atoms with Gasteiger partial charge in [-0.15, -0.1) is 0 Å². The molecule has 1 atom stereocenters. The molecule has 2 heterocycles. The lowest BCUT2D eigenvalue weighted by atomic mass is 10.0. The third kappa shape index (κ3) is 3.62. The van der Waals surface area contributed by atoms with E-state index in [9.17, 15) is 0 Å². The summed E-state index contributed by atoms with van der Waals surface area (Å²) in [6, 6.07) is 28.6. The zero-order valence-electron chi connectivity index (χ0n) is 16.7. The van der Waals surface area contributed by atoms with E-state index in [-0.39, 0.29) is 6.04 Å². The van der Waals surface area contributed by atoms with Gasteiger partial charge in [0.1, 0.15) is 18.2 Å². The molecule has 1 aromatic heterocycles. The van der Waals surface area contributed by atoms with Crippen molar-refractivity contribution in [2.45, 2.75) is 19.1 Å². The molecule has 0 amide bonds. The largest absolute Gasteiger partial charge is 0.489 e. The van der Waals surface area contributed by atoms with Crippen molar-refractivity contribution in [1.29, 1.82) is 0 Å². The van der Waals surface area contributed by atoms with Gasteiger partial charge < -0.3 is 15.8 Å². The third-order valence-corrected chi connectivity index (χ3v) is 5.51. The van der Waals surface area contributed by atoms with E-state index in [0.717, 1.165) is 52.6 Å². The summed E-state index contributed by atoms with van der Waals surface area (Å²) < 4.78 is 7.96. The number of rotatable bonds is 5. The van der Waals surface area contributed by atoms with E-state index in [4.69, 9.17) is 15.6 Å². The van der Waals surface area contributed by atoms with Crippen LogP contribution >= 0.6 is 0 Å². The number of anilines is 2. The highest BCUT2D eigenvalue weighted by Crippen LogP contribution is 2.35. The van der Waals surface area contributed by atoms with Crippen molar-refractivity contribution in [3.8, 4) is 17.0 Å². The molecule has 3 N–H and O–H groups in total. The van der Waals surface area contributed by atoms with Crippen molar-refractivity contribution in [2.24, 2.45) is 0 Å². The quantitative estimate of drug-likeness (QED) is 0.460. The van der Waals surface area contributed by atoms with E-state index in [1.807, 2.05) is 48.5 Å².